The zero-order valence-corrected chi connectivity index (χ0v) is 7.79. The maximum Gasteiger partial charge on any atom is 0.309 e. The molecule has 4 N–H and O–H groups in total. The standard InChI is InChI=1S/C8H12O7/c9-5(3-7(12)13)4(8(14)15)1-2-6(10)11/h4-5,9H,1-3H2,(H,10,11)(H,12,13)(H,14,15). The van der Waals surface area contributed by atoms with Crippen molar-refractivity contribution in [2.24, 2.45) is 5.92 Å². The molecular weight excluding hydrogens is 208 g/mol. The van der Waals surface area contributed by atoms with Gasteiger partial charge in [0.25, 0.3) is 0 Å². The van der Waals surface area contributed by atoms with E-state index < -0.39 is 42.8 Å². The monoisotopic (exact) mass is 220 g/mol. The lowest BCUT2D eigenvalue weighted by Gasteiger charge is -2.16. The summed E-state index contributed by atoms with van der Waals surface area (Å²) in [6.07, 6.45) is -3.00. The van der Waals surface area contributed by atoms with E-state index in [0.717, 1.165) is 0 Å². The van der Waals surface area contributed by atoms with Gasteiger partial charge in [-0.25, -0.2) is 0 Å². The first kappa shape index (κ1) is 13.4. The maximum atomic E-state index is 10.6. The first-order valence-corrected chi connectivity index (χ1v) is 4.19. The van der Waals surface area contributed by atoms with Gasteiger partial charge in [0.2, 0.25) is 0 Å². The van der Waals surface area contributed by atoms with Crippen molar-refractivity contribution in [2.45, 2.75) is 25.4 Å². The molecule has 7 nitrogen and oxygen atoms in total. The molecule has 0 fully saturated rings. The molecule has 0 aliphatic rings. The second-order valence-corrected chi connectivity index (χ2v) is 3.04. The molecule has 2 atom stereocenters. The molecule has 0 radical (unpaired) electrons. The minimum Gasteiger partial charge on any atom is -0.481 e. The van der Waals surface area contributed by atoms with Gasteiger partial charge in [0.05, 0.1) is 18.4 Å². The van der Waals surface area contributed by atoms with Crippen LogP contribution in [0.3, 0.4) is 0 Å². The number of carboxylic acids is 3. The van der Waals surface area contributed by atoms with Gasteiger partial charge in [-0.05, 0) is 6.42 Å². The normalized spacial score (nSPS) is 14.2. The van der Waals surface area contributed by atoms with E-state index in [-0.39, 0.29) is 6.42 Å². The summed E-state index contributed by atoms with van der Waals surface area (Å²) >= 11 is 0. The smallest absolute Gasteiger partial charge is 0.309 e. The van der Waals surface area contributed by atoms with Gasteiger partial charge in [-0.3, -0.25) is 14.4 Å². The Morgan fingerprint density at radius 3 is 1.87 bits per heavy atom. The summed E-state index contributed by atoms with van der Waals surface area (Å²) in [6.45, 7) is 0. The lowest BCUT2D eigenvalue weighted by Crippen LogP contribution is -2.30. The number of carboxylic acid groups (broad SMARTS) is 3. The molecule has 0 bridgehead atoms. The van der Waals surface area contributed by atoms with Gasteiger partial charge in [-0.2, -0.15) is 0 Å². The molecule has 0 rings (SSSR count). The predicted molar refractivity (Wildman–Crippen MR) is 46.3 cm³/mol. The SMILES string of the molecule is O=C(O)CCC(C(=O)O)C(O)CC(=O)O. The number of aliphatic hydroxyl groups is 1. The minimum absolute atomic E-state index is 0.293. The van der Waals surface area contributed by atoms with Crippen LogP contribution >= 0.6 is 0 Å². The molecule has 0 aliphatic carbocycles. The van der Waals surface area contributed by atoms with Crippen molar-refractivity contribution in [3.05, 3.63) is 0 Å². The Labute approximate surface area is 85.0 Å². The van der Waals surface area contributed by atoms with Gasteiger partial charge >= 0.3 is 17.9 Å². The van der Waals surface area contributed by atoms with Crippen molar-refractivity contribution in [2.75, 3.05) is 0 Å². The summed E-state index contributed by atoms with van der Waals surface area (Å²) in [5.74, 6) is -5.28. The van der Waals surface area contributed by atoms with Crippen LogP contribution < -0.4 is 0 Å². The fourth-order valence-electron chi connectivity index (χ4n) is 1.08. The molecule has 7 heteroatoms. The maximum absolute atomic E-state index is 10.6. The summed E-state index contributed by atoms with van der Waals surface area (Å²) in [4.78, 5) is 31.0. The molecule has 0 spiro atoms. The third-order valence-electron chi connectivity index (χ3n) is 1.83. The van der Waals surface area contributed by atoms with Crippen molar-refractivity contribution < 1.29 is 34.8 Å². The molecule has 0 heterocycles. The topological polar surface area (TPSA) is 132 Å². The van der Waals surface area contributed by atoms with Gasteiger partial charge < -0.3 is 20.4 Å². The number of aliphatic carboxylic acids is 3. The van der Waals surface area contributed by atoms with E-state index in [2.05, 4.69) is 0 Å². The first-order chi connectivity index (χ1) is 6.84. The largest absolute Gasteiger partial charge is 0.481 e. The molecule has 0 aromatic carbocycles. The number of hydrogen-bond donors (Lipinski definition) is 4. The number of rotatable bonds is 7. The van der Waals surface area contributed by atoms with Crippen molar-refractivity contribution in [1.82, 2.24) is 0 Å². The van der Waals surface area contributed by atoms with Crippen LogP contribution in [0.5, 0.6) is 0 Å². The molecule has 2 unspecified atom stereocenters. The third-order valence-corrected chi connectivity index (χ3v) is 1.83. The van der Waals surface area contributed by atoms with Crippen molar-refractivity contribution in [1.29, 1.82) is 0 Å². The van der Waals surface area contributed by atoms with Crippen LogP contribution in [0.4, 0.5) is 0 Å². The minimum atomic E-state index is -1.57. The number of hydrogen-bond acceptors (Lipinski definition) is 4. The van der Waals surface area contributed by atoms with E-state index in [1.807, 2.05) is 0 Å². The molecule has 0 saturated heterocycles. The summed E-state index contributed by atoms with van der Waals surface area (Å²) in [5, 5.41) is 34.5. The Bertz CT molecular complexity index is 260. The molecule has 0 saturated carbocycles. The Balaban J connectivity index is 4.31. The first-order valence-electron chi connectivity index (χ1n) is 4.19. The average Bonchev–Trinajstić information content (AvgIpc) is 2.01. The molecule has 0 aromatic rings. The third kappa shape index (κ3) is 5.63. The number of carbonyl (C=O) groups is 3. The van der Waals surface area contributed by atoms with E-state index >= 15 is 0 Å². The zero-order valence-electron chi connectivity index (χ0n) is 7.79. The zero-order chi connectivity index (χ0) is 12.0. The highest BCUT2D eigenvalue weighted by Gasteiger charge is 2.28. The van der Waals surface area contributed by atoms with Gasteiger partial charge in [0, 0.05) is 6.42 Å². The molecule has 15 heavy (non-hydrogen) atoms. The second-order valence-electron chi connectivity index (χ2n) is 3.04. The van der Waals surface area contributed by atoms with Crippen LogP contribution in [0.25, 0.3) is 0 Å². The van der Waals surface area contributed by atoms with E-state index in [0.29, 0.717) is 0 Å². The second kappa shape index (κ2) is 5.97. The Hall–Kier alpha value is -1.63. The van der Waals surface area contributed by atoms with Gasteiger partial charge in [-0.1, -0.05) is 0 Å². The summed E-state index contributed by atoms with van der Waals surface area (Å²) in [6, 6.07) is 0. The highest BCUT2D eigenvalue weighted by Crippen LogP contribution is 2.15. The molecule has 0 aliphatic heterocycles. The Morgan fingerprint density at radius 1 is 1.00 bits per heavy atom. The van der Waals surface area contributed by atoms with Crippen molar-refractivity contribution in [3.63, 3.8) is 0 Å². The fraction of sp³-hybridized carbons (Fsp3) is 0.625. The van der Waals surface area contributed by atoms with Gasteiger partial charge in [0.15, 0.2) is 0 Å². The highest BCUT2D eigenvalue weighted by atomic mass is 16.4. The molecular formula is C8H12O7. The molecule has 86 valence electrons. The van der Waals surface area contributed by atoms with Gasteiger partial charge in [-0.15, -0.1) is 0 Å². The number of aliphatic hydroxyl groups excluding tert-OH is 1. The van der Waals surface area contributed by atoms with E-state index in [9.17, 15) is 19.5 Å². The van der Waals surface area contributed by atoms with Crippen LogP contribution in [0.2, 0.25) is 0 Å². The van der Waals surface area contributed by atoms with E-state index in [1.165, 1.54) is 0 Å². The van der Waals surface area contributed by atoms with E-state index in [1.54, 1.807) is 0 Å². The molecule has 0 aromatic heterocycles. The lowest BCUT2D eigenvalue weighted by atomic mass is 9.95. The molecule has 0 amide bonds. The summed E-state index contributed by atoms with van der Waals surface area (Å²) in [5.41, 5.74) is 0. The summed E-state index contributed by atoms with van der Waals surface area (Å²) in [7, 11) is 0. The van der Waals surface area contributed by atoms with Gasteiger partial charge in [0.1, 0.15) is 0 Å². The fourth-order valence-corrected chi connectivity index (χ4v) is 1.08. The summed E-state index contributed by atoms with van der Waals surface area (Å²) < 4.78 is 0. The van der Waals surface area contributed by atoms with Crippen LogP contribution in [0.1, 0.15) is 19.3 Å². The van der Waals surface area contributed by atoms with Crippen LogP contribution in [-0.2, 0) is 14.4 Å². The van der Waals surface area contributed by atoms with Crippen LogP contribution in [0.15, 0.2) is 0 Å². The Kier molecular flexibility index (Phi) is 5.32. The van der Waals surface area contributed by atoms with Crippen molar-refractivity contribution in [3.8, 4) is 0 Å². The van der Waals surface area contributed by atoms with E-state index in [4.69, 9.17) is 15.3 Å². The predicted octanol–water partition coefficient (Wildman–Crippen LogP) is -0.612. The lowest BCUT2D eigenvalue weighted by molar-refractivity contribution is -0.149. The van der Waals surface area contributed by atoms with Crippen molar-refractivity contribution >= 4 is 17.9 Å². The Morgan fingerprint density at radius 2 is 1.53 bits per heavy atom. The van der Waals surface area contributed by atoms with Crippen LogP contribution in [-0.4, -0.2) is 44.4 Å². The highest BCUT2D eigenvalue weighted by molar-refractivity contribution is 5.74. The van der Waals surface area contributed by atoms with Crippen LogP contribution in [0, 0.1) is 5.92 Å². The average molecular weight is 220 g/mol. The quantitative estimate of drug-likeness (QED) is 0.449.